The Morgan fingerprint density at radius 3 is 2.56 bits per heavy atom. The molecule has 150 valence electrons. The monoisotopic (exact) mass is 391 g/mol. The Morgan fingerprint density at radius 1 is 1.33 bits per heavy atom. The second kappa shape index (κ2) is 9.74. The molecule has 1 rings (SSSR count). The number of hydrogen-bond acceptors (Lipinski definition) is 6. The van der Waals surface area contributed by atoms with Gasteiger partial charge in [0.05, 0.1) is 10.5 Å². The number of anilines is 1. The molecule has 27 heavy (non-hydrogen) atoms. The number of nitro groups is 1. The van der Waals surface area contributed by atoms with E-state index in [2.05, 4.69) is 10.6 Å². The lowest BCUT2D eigenvalue weighted by Gasteiger charge is -2.15. The maximum absolute atomic E-state index is 12.7. The van der Waals surface area contributed by atoms with Gasteiger partial charge in [-0.05, 0) is 25.5 Å². The zero-order valence-corrected chi connectivity index (χ0v) is 14.8. The van der Waals surface area contributed by atoms with E-state index in [1.807, 2.05) is 6.92 Å². The van der Waals surface area contributed by atoms with E-state index in [1.54, 1.807) is 0 Å². The number of esters is 1. The van der Waals surface area contributed by atoms with Gasteiger partial charge in [0.15, 0.2) is 6.61 Å². The summed E-state index contributed by atoms with van der Waals surface area (Å²) in [6.07, 6.45) is -3.08. The summed E-state index contributed by atoms with van der Waals surface area (Å²) in [6, 6.07) is 0.780. The first kappa shape index (κ1) is 22.2. The predicted octanol–water partition coefficient (Wildman–Crippen LogP) is 2.87. The molecule has 0 bridgehead atoms. The normalized spacial score (nSPS) is 12.2. The molecule has 0 radical (unpaired) electrons. The van der Waals surface area contributed by atoms with Gasteiger partial charge in [-0.2, -0.15) is 13.2 Å². The third-order valence-electron chi connectivity index (χ3n) is 3.45. The van der Waals surface area contributed by atoms with Gasteiger partial charge < -0.3 is 15.4 Å². The van der Waals surface area contributed by atoms with Gasteiger partial charge >= 0.3 is 12.1 Å². The Balaban J connectivity index is 2.72. The minimum Gasteiger partial charge on any atom is -0.454 e. The summed E-state index contributed by atoms with van der Waals surface area (Å²) in [5, 5.41) is 16.0. The predicted molar refractivity (Wildman–Crippen MR) is 90.1 cm³/mol. The van der Waals surface area contributed by atoms with Gasteiger partial charge in [-0.3, -0.25) is 14.9 Å². The summed E-state index contributed by atoms with van der Waals surface area (Å²) in [5.74, 6) is -1.38. The van der Waals surface area contributed by atoms with Gasteiger partial charge in [0.1, 0.15) is 11.7 Å². The number of amides is 1. The first-order valence-corrected chi connectivity index (χ1v) is 8.11. The number of nitro benzene ring substituents is 1. The van der Waals surface area contributed by atoms with Crippen molar-refractivity contribution in [3.05, 3.63) is 33.9 Å². The van der Waals surface area contributed by atoms with E-state index in [1.165, 1.54) is 6.92 Å². The number of unbranched alkanes of at least 4 members (excludes halogenated alkanes) is 1. The standard InChI is InChI=1S/C16H20F3N3O5/c1-3-4-7-20-14(23)9-27-15(24)10(2)21-12-6-5-11(16(17,18)19)8-13(12)22(25)26/h5-6,8,10,21H,3-4,7,9H2,1-2H3,(H,20,23)/t10-/m0/s1. The van der Waals surface area contributed by atoms with Crippen LogP contribution < -0.4 is 10.6 Å². The number of carbonyl (C=O) groups is 2. The smallest absolute Gasteiger partial charge is 0.416 e. The number of halogens is 3. The second-order valence-corrected chi connectivity index (χ2v) is 5.66. The molecule has 1 aromatic rings. The average Bonchev–Trinajstić information content (AvgIpc) is 2.58. The van der Waals surface area contributed by atoms with Crippen molar-refractivity contribution >= 4 is 23.3 Å². The fourth-order valence-corrected chi connectivity index (χ4v) is 1.99. The van der Waals surface area contributed by atoms with Crippen LogP contribution in [0.25, 0.3) is 0 Å². The molecule has 0 spiro atoms. The highest BCUT2D eigenvalue weighted by Gasteiger charge is 2.33. The molecule has 0 fully saturated rings. The lowest BCUT2D eigenvalue weighted by atomic mass is 10.1. The first-order chi connectivity index (χ1) is 12.6. The van der Waals surface area contributed by atoms with E-state index in [4.69, 9.17) is 4.74 Å². The van der Waals surface area contributed by atoms with Crippen LogP contribution in [0.1, 0.15) is 32.3 Å². The summed E-state index contributed by atoms with van der Waals surface area (Å²) in [5.41, 5.74) is -2.29. The molecule has 1 atom stereocenters. The molecule has 0 heterocycles. The molecule has 11 heteroatoms. The van der Waals surface area contributed by atoms with E-state index in [9.17, 15) is 32.9 Å². The topological polar surface area (TPSA) is 111 Å². The summed E-state index contributed by atoms with van der Waals surface area (Å²) in [4.78, 5) is 33.4. The van der Waals surface area contributed by atoms with Crippen molar-refractivity contribution < 1.29 is 32.4 Å². The fraction of sp³-hybridized carbons (Fsp3) is 0.500. The van der Waals surface area contributed by atoms with Crippen LogP contribution in [-0.4, -0.2) is 36.0 Å². The molecule has 0 aliphatic carbocycles. The van der Waals surface area contributed by atoms with Crippen molar-refractivity contribution in [1.82, 2.24) is 5.32 Å². The van der Waals surface area contributed by atoms with Crippen molar-refractivity contribution in [2.24, 2.45) is 0 Å². The molecule has 2 N–H and O–H groups in total. The molecule has 0 unspecified atom stereocenters. The summed E-state index contributed by atoms with van der Waals surface area (Å²) < 4.78 is 42.8. The Kier molecular flexibility index (Phi) is 8.00. The summed E-state index contributed by atoms with van der Waals surface area (Å²) in [6.45, 7) is 3.17. The van der Waals surface area contributed by atoms with E-state index in [0.717, 1.165) is 18.9 Å². The number of nitrogens with zero attached hydrogens (tertiary/aromatic N) is 1. The third kappa shape index (κ3) is 7.12. The van der Waals surface area contributed by atoms with Crippen LogP contribution in [0.4, 0.5) is 24.5 Å². The van der Waals surface area contributed by atoms with Gasteiger partial charge in [-0.1, -0.05) is 13.3 Å². The molecule has 0 aromatic heterocycles. The van der Waals surface area contributed by atoms with Crippen LogP contribution in [0, 0.1) is 10.1 Å². The van der Waals surface area contributed by atoms with E-state index in [0.29, 0.717) is 18.7 Å². The number of alkyl halides is 3. The molecule has 0 saturated carbocycles. The highest BCUT2D eigenvalue weighted by molar-refractivity contribution is 5.84. The SMILES string of the molecule is CCCCNC(=O)COC(=O)[C@H](C)Nc1ccc(C(F)(F)F)cc1[N+](=O)[O-]. The molecule has 8 nitrogen and oxygen atoms in total. The quantitative estimate of drug-likeness (QED) is 0.290. The zero-order chi connectivity index (χ0) is 20.6. The number of hydrogen-bond donors (Lipinski definition) is 2. The van der Waals surface area contributed by atoms with Gasteiger partial charge in [0.2, 0.25) is 0 Å². The highest BCUT2D eigenvalue weighted by atomic mass is 19.4. The van der Waals surface area contributed by atoms with Crippen LogP contribution in [0.3, 0.4) is 0 Å². The van der Waals surface area contributed by atoms with Crippen molar-refractivity contribution in [3.63, 3.8) is 0 Å². The van der Waals surface area contributed by atoms with Crippen LogP contribution in [0.2, 0.25) is 0 Å². The van der Waals surface area contributed by atoms with Crippen molar-refractivity contribution in [2.75, 3.05) is 18.5 Å². The minimum atomic E-state index is -4.74. The maximum atomic E-state index is 12.7. The minimum absolute atomic E-state index is 0.273. The molecule has 0 saturated heterocycles. The van der Waals surface area contributed by atoms with Crippen molar-refractivity contribution in [3.8, 4) is 0 Å². The Labute approximate surface area is 153 Å². The van der Waals surface area contributed by atoms with Crippen LogP contribution in [-0.2, 0) is 20.5 Å². The number of nitrogens with one attached hydrogen (secondary N) is 2. The average molecular weight is 391 g/mol. The molecule has 0 aliphatic heterocycles. The van der Waals surface area contributed by atoms with E-state index in [-0.39, 0.29) is 5.69 Å². The third-order valence-corrected chi connectivity index (χ3v) is 3.45. The fourth-order valence-electron chi connectivity index (χ4n) is 1.99. The van der Waals surface area contributed by atoms with Crippen molar-refractivity contribution in [2.45, 2.75) is 38.9 Å². The molecular formula is C16H20F3N3O5. The van der Waals surface area contributed by atoms with Gasteiger partial charge in [-0.25, -0.2) is 4.79 Å². The molecule has 1 amide bonds. The lowest BCUT2D eigenvalue weighted by molar-refractivity contribution is -0.384. The van der Waals surface area contributed by atoms with Crippen LogP contribution in [0.15, 0.2) is 18.2 Å². The molecule has 0 aliphatic rings. The number of benzene rings is 1. The Morgan fingerprint density at radius 2 is 2.00 bits per heavy atom. The second-order valence-electron chi connectivity index (χ2n) is 5.66. The summed E-state index contributed by atoms with van der Waals surface area (Å²) in [7, 11) is 0. The summed E-state index contributed by atoms with van der Waals surface area (Å²) >= 11 is 0. The van der Waals surface area contributed by atoms with E-state index < -0.39 is 46.9 Å². The van der Waals surface area contributed by atoms with Gasteiger partial charge in [-0.15, -0.1) is 0 Å². The van der Waals surface area contributed by atoms with Crippen LogP contribution in [0.5, 0.6) is 0 Å². The molecular weight excluding hydrogens is 371 g/mol. The first-order valence-electron chi connectivity index (χ1n) is 8.11. The van der Waals surface area contributed by atoms with E-state index >= 15 is 0 Å². The number of ether oxygens (including phenoxy) is 1. The highest BCUT2D eigenvalue weighted by Crippen LogP contribution is 2.35. The Hall–Kier alpha value is -2.85. The molecule has 1 aromatic carbocycles. The number of rotatable bonds is 9. The van der Waals surface area contributed by atoms with Gasteiger partial charge in [0, 0.05) is 12.6 Å². The zero-order valence-electron chi connectivity index (χ0n) is 14.8. The number of carbonyl (C=O) groups excluding carboxylic acids is 2. The Bertz CT molecular complexity index is 694. The maximum Gasteiger partial charge on any atom is 0.416 e. The largest absolute Gasteiger partial charge is 0.454 e. The van der Waals surface area contributed by atoms with Crippen molar-refractivity contribution in [1.29, 1.82) is 0 Å². The lowest BCUT2D eigenvalue weighted by Crippen LogP contribution is -2.34. The van der Waals surface area contributed by atoms with Crippen LogP contribution >= 0.6 is 0 Å². The van der Waals surface area contributed by atoms with Gasteiger partial charge in [0.25, 0.3) is 11.6 Å².